The van der Waals surface area contributed by atoms with Crippen LogP contribution in [0.2, 0.25) is 0 Å². The molecule has 0 saturated heterocycles. The molecule has 24 heavy (non-hydrogen) atoms. The lowest BCUT2D eigenvalue weighted by atomic mass is 10.0. The summed E-state index contributed by atoms with van der Waals surface area (Å²) in [6.45, 7) is 4.33. The summed E-state index contributed by atoms with van der Waals surface area (Å²) in [5.74, 6) is 0.670. The summed E-state index contributed by atoms with van der Waals surface area (Å²) in [6.07, 6.45) is 3.40. The van der Waals surface area contributed by atoms with Crippen LogP contribution in [0.3, 0.4) is 0 Å². The fourth-order valence-electron chi connectivity index (χ4n) is 3.11. The topological polar surface area (TPSA) is 55.4 Å². The molecule has 1 aliphatic rings. The van der Waals surface area contributed by atoms with E-state index in [2.05, 4.69) is 16.9 Å². The number of hydrogen-bond acceptors (Lipinski definition) is 3. The van der Waals surface area contributed by atoms with Gasteiger partial charge in [0, 0.05) is 6.04 Å². The minimum absolute atomic E-state index is 0.249. The molecule has 0 unspecified atom stereocenters. The van der Waals surface area contributed by atoms with Crippen molar-refractivity contribution in [2.45, 2.75) is 44.0 Å². The van der Waals surface area contributed by atoms with Gasteiger partial charge in [-0.05, 0) is 74.1 Å². The van der Waals surface area contributed by atoms with E-state index in [1.54, 1.807) is 24.3 Å². The van der Waals surface area contributed by atoms with Crippen LogP contribution >= 0.6 is 0 Å². The molecule has 1 atom stereocenters. The molecule has 1 N–H and O–H groups in total. The minimum atomic E-state index is -3.56. The molecule has 0 aromatic heterocycles. The van der Waals surface area contributed by atoms with Gasteiger partial charge in [0.1, 0.15) is 5.75 Å². The molecule has 5 heteroatoms. The summed E-state index contributed by atoms with van der Waals surface area (Å²) in [4.78, 5) is 0.249. The maximum Gasteiger partial charge on any atom is 0.241 e. The van der Waals surface area contributed by atoms with Crippen LogP contribution in [0, 0.1) is 0 Å². The van der Waals surface area contributed by atoms with Crippen molar-refractivity contribution < 1.29 is 13.2 Å². The fraction of sp³-hybridized carbons (Fsp3) is 0.368. The summed E-state index contributed by atoms with van der Waals surface area (Å²) in [6, 6.07) is 12.5. The molecule has 2 aromatic carbocycles. The molecule has 3 rings (SSSR count). The smallest absolute Gasteiger partial charge is 0.241 e. The van der Waals surface area contributed by atoms with Crippen molar-refractivity contribution in [3.63, 3.8) is 0 Å². The van der Waals surface area contributed by atoms with Gasteiger partial charge in [-0.1, -0.05) is 18.2 Å². The quantitative estimate of drug-likeness (QED) is 0.870. The van der Waals surface area contributed by atoms with Crippen molar-refractivity contribution in [3.8, 4) is 5.75 Å². The van der Waals surface area contributed by atoms with Crippen molar-refractivity contribution in [1.82, 2.24) is 4.72 Å². The highest BCUT2D eigenvalue weighted by Crippen LogP contribution is 2.26. The van der Waals surface area contributed by atoms with Crippen LogP contribution in [0.15, 0.2) is 47.4 Å². The molecule has 0 heterocycles. The summed E-state index contributed by atoms with van der Waals surface area (Å²) >= 11 is 0. The Hall–Kier alpha value is -1.85. The Bertz CT molecular complexity index is 813. The predicted molar refractivity (Wildman–Crippen MR) is 94.8 cm³/mol. The van der Waals surface area contributed by atoms with E-state index < -0.39 is 10.0 Å². The number of hydrogen-bond donors (Lipinski definition) is 1. The first kappa shape index (κ1) is 17.0. The molecule has 0 fully saturated rings. The second-order valence-electron chi connectivity index (χ2n) is 6.13. The standard InChI is InChI=1S/C19H23NO3S/c1-3-23-18-9-11-19(12-10-18)24(21,22)20-14(2)16-8-7-15-5-4-6-17(15)13-16/h7-14,20H,3-6H2,1-2H3/t14-/m0/s1. The Morgan fingerprint density at radius 1 is 1.08 bits per heavy atom. The lowest BCUT2D eigenvalue weighted by Crippen LogP contribution is -2.27. The summed E-state index contributed by atoms with van der Waals surface area (Å²) < 4.78 is 33.2. The van der Waals surface area contributed by atoms with Crippen molar-refractivity contribution in [2.75, 3.05) is 6.61 Å². The van der Waals surface area contributed by atoms with Gasteiger partial charge in [-0.2, -0.15) is 0 Å². The van der Waals surface area contributed by atoms with Gasteiger partial charge in [0.05, 0.1) is 11.5 Å². The van der Waals surface area contributed by atoms with Gasteiger partial charge in [0.2, 0.25) is 10.0 Å². The van der Waals surface area contributed by atoms with Crippen molar-refractivity contribution in [1.29, 1.82) is 0 Å². The van der Waals surface area contributed by atoms with Gasteiger partial charge in [0.25, 0.3) is 0 Å². The zero-order valence-electron chi connectivity index (χ0n) is 14.1. The third-order valence-electron chi connectivity index (χ3n) is 4.40. The first-order valence-electron chi connectivity index (χ1n) is 8.36. The third-order valence-corrected chi connectivity index (χ3v) is 5.96. The Balaban J connectivity index is 1.76. The first-order chi connectivity index (χ1) is 11.5. The number of ether oxygens (including phenoxy) is 1. The second kappa shape index (κ2) is 6.95. The van der Waals surface area contributed by atoms with E-state index in [9.17, 15) is 8.42 Å². The van der Waals surface area contributed by atoms with E-state index in [0.29, 0.717) is 12.4 Å². The summed E-state index contributed by atoms with van der Waals surface area (Å²) in [5, 5.41) is 0. The van der Waals surface area contributed by atoms with E-state index in [0.717, 1.165) is 18.4 Å². The van der Waals surface area contributed by atoms with Gasteiger partial charge in [-0.15, -0.1) is 0 Å². The zero-order valence-corrected chi connectivity index (χ0v) is 14.9. The van der Waals surface area contributed by atoms with Gasteiger partial charge in [-0.25, -0.2) is 13.1 Å². The van der Waals surface area contributed by atoms with Crippen LogP contribution in [-0.4, -0.2) is 15.0 Å². The Morgan fingerprint density at radius 2 is 1.79 bits per heavy atom. The fourth-order valence-corrected chi connectivity index (χ4v) is 4.34. The van der Waals surface area contributed by atoms with E-state index in [1.807, 2.05) is 19.9 Å². The number of rotatable bonds is 6. The monoisotopic (exact) mass is 345 g/mol. The Labute approximate surface area is 143 Å². The van der Waals surface area contributed by atoms with E-state index >= 15 is 0 Å². The largest absolute Gasteiger partial charge is 0.494 e. The van der Waals surface area contributed by atoms with Crippen LogP contribution < -0.4 is 9.46 Å². The average molecular weight is 345 g/mol. The lowest BCUT2D eigenvalue weighted by molar-refractivity contribution is 0.340. The van der Waals surface area contributed by atoms with Crippen LogP contribution in [0.4, 0.5) is 0 Å². The summed E-state index contributed by atoms with van der Waals surface area (Å²) in [5.41, 5.74) is 3.74. The van der Waals surface area contributed by atoms with E-state index in [1.165, 1.54) is 17.5 Å². The van der Waals surface area contributed by atoms with Crippen LogP contribution in [0.25, 0.3) is 0 Å². The number of sulfonamides is 1. The SMILES string of the molecule is CCOc1ccc(S(=O)(=O)N[C@@H](C)c2ccc3c(c2)CCC3)cc1. The van der Waals surface area contributed by atoms with Gasteiger partial charge in [-0.3, -0.25) is 0 Å². The molecule has 0 bridgehead atoms. The zero-order chi connectivity index (χ0) is 17.2. The molecule has 0 aliphatic heterocycles. The molecule has 1 aliphatic carbocycles. The Morgan fingerprint density at radius 3 is 2.50 bits per heavy atom. The van der Waals surface area contributed by atoms with Gasteiger partial charge >= 0.3 is 0 Å². The average Bonchev–Trinajstić information content (AvgIpc) is 3.03. The van der Waals surface area contributed by atoms with Gasteiger partial charge in [0.15, 0.2) is 0 Å². The highest BCUT2D eigenvalue weighted by Gasteiger charge is 2.20. The minimum Gasteiger partial charge on any atom is -0.494 e. The normalized spacial score (nSPS) is 15.1. The van der Waals surface area contributed by atoms with Crippen molar-refractivity contribution >= 4 is 10.0 Å². The number of fused-ring (bicyclic) bond motifs is 1. The first-order valence-corrected chi connectivity index (χ1v) is 9.85. The lowest BCUT2D eigenvalue weighted by Gasteiger charge is -2.16. The van der Waals surface area contributed by atoms with Crippen LogP contribution in [0.1, 0.15) is 43.0 Å². The van der Waals surface area contributed by atoms with Crippen molar-refractivity contribution in [3.05, 3.63) is 59.2 Å². The highest BCUT2D eigenvalue weighted by atomic mass is 32.2. The molecular formula is C19H23NO3S. The van der Waals surface area contributed by atoms with Crippen LogP contribution in [0.5, 0.6) is 5.75 Å². The molecule has 4 nitrogen and oxygen atoms in total. The third kappa shape index (κ3) is 3.62. The molecular weight excluding hydrogens is 322 g/mol. The van der Waals surface area contributed by atoms with E-state index in [4.69, 9.17) is 4.74 Å². The van der Waals surface area contributed by atoms with E-state index in [-0.39, 0.29) is 10.9 Å². The van der Waals surface area contributed by atoms with Gasteiger partial charge < -0.3 is 4.74 Å². The summed E-state index contributed by atoms with van der Waals surface area (Å²) in [7, 11) is -3.56. The molecule has 0 radical (unpaired) electrons. The molecule has 128 valence electrons. The molecule has 2 aromatic rings. The van der Waals surface area contributed by atoms with Crippen molar-refractivity contribution in [2.24, 2.45) is 0 Å². The number of aryl methyl sites for hydroxylation is 2. The highest BCUT2D eigenvalue weighted by molar-refractivity contribution is 7.89. The number of nitrogens with one attached hydrogen (secondary N) is 1. The molecule has 0 amide bonds. The maximum atomic E-state index is 12.6. The number of benzene rings is 2. The predicted octanol–water partition coefficient (Wildman–Crippen LogP) is 3.61. The second-order valence-corrected chi connectivity index (χ2v) is 7.84. The van der Waals surface area contributed by atoms with Crippen LogP contribution in [-0.2, 0) is 22.9 Å². The molecule has 0 spiro atoms. The molecule has 0 saturated carbocycles. The Kier molecular flexibility index (Phi) is 4.92. The maximum absolute atomic E-state index is 12.6.